The maximum Gasteiger partial charge on any atom is 0.198 e. The average molecular weight is 350 g/mol. The SMILES string of the molecule is Nc1cccc(Cl)c1C(=O)c1c[nH]c2cc(Br)ccc12. The average Bonchev–Trinajstić information content (AvgIpc) is 2.81. The monoisotopic (exact) mass is 348 g/mol. The molecule has 0 unspecified atom stereocenters. The van der Waals surface area contributed by atoms with E-state index in [9.17, 15) is 4.79 Å². The van der Waals surface area contributed by atoms with E-state index in [2.05, 4.69) is 20.9 Å². The topological polar surface area (TPSA) is 58.9 Å². The van der Waals surface area contributed by atoms with Gasteiger partial charge in [0.15, 0.2) is 5.78 Å². The molecule has 0 bridgehead atoms. The number of hydrogen-bond donors (Lipinski definition) is 2. The fourth-order valence-corrected chi connectivity index (χ4v) is 2.83. The highest BCUT2D eigenvalue weighted by Crippen LogP contribution is 2.29. The Morgan fingerprint density at radius 2 is 2.05 bits per heavy atom. The minimum Gasteiger partial charge on any atom is -0.398 e. The molecular formula is C15H10BrClN2O. The van der Waals surface area contributed by atoms with Crippen molar-refractivity contribution in [3.05, 3.63) is 63.2 Å². The molecule has 0 saturated heterocycles. The largest absolute Gasteiger partial charge is 0.398 e. The number of halogens is 2. The summed E-state index contributed by atoms with van der Waals surface area (Å²) < 4.78 is 0.947. The molecule has 1 heterocycles. The van der Waals surface area contributed by atoms with E-state index < -0.39 is 0 Å². The number of nitrogens with two attached hydrogens (primary N) is 1. The highest BCUT2D eigenvalue weighted by atomic mass is 79.9. The van der Waals surface area contributed by atoms with E-state index in [4.69, 9.17) is 17.3 Å². The molecule has 0 fully saturated rings. The summed E-state index contributed by atoms with van der Waals surface area (Å²) in [6.07, 6.45) is 1.68. The molecule has 2 aromatic carbocycles. The van der Waals surface area contributed by atoms with Crippen LogP contribution in [0.2, 0.25) is 5.02 Å². The molecule has 0 saturated carbocycles. The van der Waals surface area contributed by atoms with E-state index in [1.54, 1.807) is 24.4 Å². The van der Waals surface area contributed by atoms with Gasteiger partial charge >= 0.3 is 0 Å². The summed E-state index contributed by atoms with van der Waals surface area (Å²) >= 11 is 9.50. The van der Waals surface area contributed by atoms with Gasteiger partial charge in [-0.3, -0.25) is 4.79 Å². The number of fused-ring (bicyclic) bond motifs is 1. The molecule has 0 atom stereocenters. The van der Waals surface area contributed by atoms with Gasteiger partial charge in [-0.2, -0.15) is 0 Å². The van der Waals surface area contributed by atoms with E-state index >= 15 is 0 Å². The number of rotatable bonds is 2. The number of nitrogens with one attached hydrogen (secondary N) is 1. The van der Waals surface area contributed by atoms with Gasteiger partial charge in [0.2, 0.25) is 0 Å². The van der Waals surface area contributed by atoms with Crippen LogP contribution in [0.4, 0.5) is 5.69 Å². The van der Waals surface area contributed by atoms with Crippen molar-refractivity contribution in [3.8, 4) is 0 Å². The normalized spacial score (nSPS) is 10.9. The number of carbonyl (C=O) groups excluding carboxylic acids is 1. The van der Waals surface area contributed by atoms with E-state index in [1.165, 1.54) is 0 Å². The first-order chi connectivity index (χ1) is 9.58. The second-order valence-electron chi connectivity index (χ2n) is 4.43. The molecule has 3 N–H and O–H groups in total. The number of nitrogen functional groups attached to an aromatic ring is 1. The van der Waals surface area contributed by atoms with Gasteiger partial charge in [0.05, 0.1) is 10.6 Å². The first-order valence-corrected chi connectivity index (χ1v) is 7.10. The lowest BCUT2D eigenvalue weighted by Gasteiger charge is -2.06. The van der Waals surface area contributed by atoms with Crippen molar-refractivity contribution in [1.82, 2.24) is 4.98 Å². The molecular weight excluding hydrogens is 340 g/mol. The molecule has 100 valence electrons. The summed E-state index contributed by atoms with van der Waals surface area (Å²) in [6.45, 7) is 0. The van der Waals surface area contributed by atoms with Gasteiger partial charge in [-0.15, -0.1) is 0 Å². The van der Waals surface area contributed by atoms with Crippen LogP contribution in [0.15, 0.2) is 47.1 Å². The number of ketones is 1. The molecule has 0 aliphatic heterocycles. The summed E-state index contributed by atoms with van der Waals surface area (Å²) in [5.41, 5.74) is 8.05. The maximum atomic E-state index is 12.7. The maximum absolute atomic E-state index is 12.7. The van der Waals surface area contributed by atoms with Gasteiger partial charge < -0.3 is 10.7 Å². The summed E-state index contributed by atoms with van der Waals surface area (Å²) in [5.74, 6) is -0.179. The van der Waals surface area contributed by atoms with Crippen LogP contribution in [0.25, 0.3) is 10.9 Å². The third kappa shape index (κ3) is 2.11. The molecule has 3 rings (SSSR count). The zero-order valence-corrected chi connectivity index (χ0v) is 12.6. The zero-order chi connectivity index (χ0) is 14.3. The lowest BCUT2D eigenvalue weighted by atomic mass is 10.0. The minimum atomic E-state index is -0.179. The predicted molar refractivity (Wildman–Crippen MR) is 85.3 cm³/mol. The van der Waals surface area contributed by atoms with Crippen LogP contribution in [0, 0.1) is 0 Å². The minimum absolute atomic E-state index is 0.179. The van der Waals surface area contributed by atoms with Gasteiger partial charge in [-0.05, 0) is 24.3 Å². The van der Waals surface area contributed by atoms with Crippen molar-refractivity contribution in [2.75, 3.05) is 5.73 Å². The Labute approximate surface area is 128 Å². The standard InChI is InChI=1S/C15H10BrClN2O/c16-8-4-5-9-10(7-19-13(9)6-8)15(20)14-11(17)2-1-3-12(14)18/h1-7,19H,18H2. The predicted octanol–water partition coefficient (Wildman–Crippen LogP) is 4.40. The Morgan fingerprint density at radius 3 is 2.80 bits per heavy atom. The molecule has 3 aromatic rings. The van der Waals surface area contributed by atoms with Crippen molar-refractivity contribution in [3.63, 3.8) is 0 Å². The van der Waals surface area contributed by atoms with Crippen LogP contribution in [0.3, 0.4) is 0 Å². The van der Waals surface area contributed by atoms with E-state index in [0.717, 1.165) is 15.4 Å². The van der Waals surface area contributed by atoms with Gasteiger partial charge in [0.25, 0.3) is 0 Å². The van der Waals surface area contributed by atoms with Crippen LogP contribution in [0.1, 0.15) is 15.9 Å². The van der Waals surface area contributed by atoms with Crippen molar-refractivity contribution < 1.29 is 4.79 Å². The third-order valence-electron chi connectivity index (χ3n) is 3.16. The van der Waals surface area contributed by atoms with Crippen LogP contribution < -0.4 is 5.73 Å². The Kier molecular flexibility index (Phi) is 3.28. The Balaban J connectivity index is 2.18. The molecule has 3 nitrogen and oxygen atoms in total. The fourth-order valence-electron chi connectivity index (χ4n) is 2.20. The summed E-state index contributed by atoms with van der Waals surface area (Å²) in [6, 6.07) is 10.8. The second kappa shape index (κ2) is 4.96. The second-order valence-corrected chi connectivity index (χ2v) is 5.75. The van der Waals surface area contributed by atoms with Gasteiger partial charge in [0, 0.05) is 32.8 Å². The molecule has 5 heteroatoms. The lowest BCUT2D eigenvalue weighted by molar-refractivity contribution is 0.104. The highest BCUT2D eigenvalue weighted by molar-refractivity contribution is 9.10. The Hall–Kier alpha value is -1.78. The van der Waals surface area contributed by atoms with Gasteiger partial charge in [-0.25, -0.2) is 0 Å². The fraction of sp³-hybridized carbons (Fsp3) is 0. The third-order valence-corrected chi connectivity index (χ3v) is 3.97. The number of hydrogen-bond acceptors (Lipinski definition) is 2. The lowest BCUT2D eigenvalue weighted by Crippen LogP contribution is -2.05. The van der Waals surface area contributed by atoms with Gasteiger partial charge in [-0.1, -0.05) is 39.7 Å². The molecule has 1 aromatic heterocycles. The smallest absolute Gasteiger partial charge is 0.198 e. The quantitative estimate of drug-likeness (QED) is 0.532. The number of H-pyrrole nitrogens is 1. The van der Waals surface area contributed by atoms with E-state index in [0.29, 0.717) is 21.8 Å². The summed E-state index contributed by atoms with van der Waals surface area (Å²) in [5, 5.41) is 1.21. The number of carbonyl (C=O) groups is 1. The Bertz CT molecular complexity index is 806. The van der Waals surface area contributed by atoms with E-state index in [-0.39, 0.29) is 5.78 Å². The van der Waals surface area contributed by atoms with Crippen LogP contribution >= 0.6 is 27.5 Å². The molecule has 20 heavy (non-hydrogen) atoms. The summed E-state index contributed by atoms with van der Waals surface area (Å²) in [7, 11) is 0. The number of aromatic nitrogens is 1. The molecule has 0 aliphatic carbocycles. The molecule has 0 amide bonds. The van der Waals surface area contributed by atoms with Crippen molar-refractivity contribution in [2.45, 2.75) is 0 Å². The molecule has 0 radical (unpaired) electrons. The number of aromatic amines is 1. The van der Waals surface area contributed by atoms with Crippen LogP contribution in [0.5, 0.6) is 0 Å². The Morgan fingerprint density at radius 1 is 1.25 bits per heavy atom. The van der Waals surface area contributed by atoms with Crippen LogP contribution in [-0.4, -0.2) is 10.8 Å². The zero-order valence-electron chi connectivity index (χ0n) is 10.3. The van der Waals surface area contributed by atoms with Gasteiger partial charge in [0.1, 0.15) is 0 Å². The molecule has 0 spiro atoms. The van der Waals surface area contributed by atoms with Crippen molar-refractivity contribution >= 4 is 49.9 Å². The number of anilines is 1. The van der Waals surface area contributed by atoms with E-state index in [1.807, 2.05) is 18.2 Å². The van der Waals surface area contributed by atoms with Crippen molar-refractivity contribution in [2.24, 2.45) is 0 Å². The first kappa shape index (κ1) is 13.2. The van der Waals surface area contributed by atoms with Crippen LogP contribution in [-0.2, 0) is 0 Å². The highest BCUT2D eigenvalue weighted by Gasteiger charge is 2.19. The number of benzene rings is 2. The molecule has 0 aliphatic rings. The summed E-state index contributed by atoms with van der Waals surface area (Å²) in [4.78, 5) is 15.7. The van der Waals surface area contributed by atoms with Crippen molar-refractivity contribution in [1.29, 1.82) is 0 Å². The first-order valence-electron chi connectivity index (χ1n) is 5.93.